The molecule has 1 heterocycles. The van der Waals surface area contributed by atoms with Crippen LogP contribution < -0.4 is 5.73 Å². The topological polar surface area (TPSA) is 65.2 Å². The van der Waals surface area contributed by atoms with E-state index in [9.17, 15) is 4.79 Å². The van der Waals surface area contributed by atoms with Gasteiger partial charge >= 0.3 is 5.97 Å². The molecule has 0 aromatic carbocycles. The smallest absolute Gasteiger partial charge is 0.327 e. The maximum absolute atomic E-state index is 11.2. The molecule has 14 heavy (non-hydrogen) atoms. The molecule has 1 aromatic rings. The first-order valence-electron chi connectivity index (χ1n) is 4.08. The van der Waals surface area contributed by atoms with E-state index in [1.165, 1.54) is 0 Å². The summed E-state index contributed by atoms with van der Waals surface area (Å²) >= 11 is 0. The Morgan fingerprint density at radius 2 is 2.43 bits per heavy atom. The molecular formula is C9H13ClN2O2. The van der Waals surface area contributed by atoms with Crippen LogP contribution in [0, 0.1) is 0 Å². The Balaban J connectivity index is 0.00000169. The summed E-state index contributed by atoms with van der Waals surface area (Å²) in [4.78, 5) is 15.0. The van der Waals surface area contributed by atoms with Crippen LogP contribution in [0.25, 0.3) is 0 Å². The van der Waals surface area contributed by atoms with Crippen molar-refractivity contribution in [1.82, 2.24) is 4.98 Å². The van der Waals surface area contributed by atoms with Crippen LogP contribution in [0.5, 0.6) is 0 Å². The minimum Gasteiger partial charge on any atom is -0.465 e. The Morgan fingerprint density at radius 1 is 1.71 bits per heavy atom. The van der Waals surface area contributed by atoms with Gasteiger partial charge in [-0.1, -0.05) is 6.07 Å². The number of ether oxygens (including phenoxy) is 1. The van der Waals surface area contributed by atoms with Gasteiger partial charge in [-0.2, -0.15) is 0 Å². The van der Waals surface area contributed by atoms with E-state index in [4.69, 9.17) is 10.5 Å². The van der Waals surface area contributed by atoms with Crippen molar-refractivity contribution in [2.45, 2.75) is 13.0 Å². The highest BCUT2D eigenvalue weighted by Crippen LogP contribution is 2.09. The molecule has 0 fully saturated rings. The van der Waals surface area contributed by atoms with E-state index in [0.29, 0.717) is 12.2 Å². The summed E-state index contributed by atoms with van der Waals surface area (Å²) in [5, 5.41) is 0. The van der Waals surface area contributed by atoms with Crippen LogP contribution >= 0.6 is 12.4 Å². The van der Waals surface area contributed by atoms with E-state index >= 15 is 0 Å². The SMILES string of the molecule is CCOC(=O)C(N)c1cccnc1.Cl. The first-order chi connectivity index (χ1) is 6.25. The molecule has 0 aliphatic heterocycles. The van der Waals surface area contributed by atoms with Crippen molar-refractivity contribution >= 4 is 18.4 Å². The summed E-state index contributed by atoms with van der Waals surface area (Å²) in [7, 11) is 0. The van der Waals surface area contributed by atoms with Crippen LogP contribution in [-0.2, 0) is 9.53 Å². The number of aromatic nitrogens is 1. The number of carbonyl (C=O) groups excluding carboxylic acids is 1. The van der Waals surface area contributed by atoms with Gasteiger partial charge in [-0.25, -0.2) is 4.79 Å². The van der Waals surface area contributed by atoms with Gasteiger partial charge in [0.15, 0.2) is 0 Å². The molecule has 0 saturated carbocycles. The summed E-state index contributed by atoms with van der Waals surface area (Å²) < 4.78 is 4.77. The number of hydrogen-bond donors (Lipinski definition) is 1. The van der Waals surface area contributed by atoms with Crippen molar-refractivity contribution in [3.05, 3.63) is 30.1 Å². The van der Waals surface area contributed by atoms with Crippen LogP contribution in [0.2, 0.25) is 0 Å². The van der Waals surface area contributed by atoms with Gasteiger partial charge in [-0.05, 0) is 18.6 Å². The Morgan fingerprint density at radius 3 is 2.93 bits per heavy atom. The predicted molar refractivity (Wildman–Crippen MR) is 55.0 cm³/mol. The molecule has 1 aromatic heterocycles. The lowest BCUT2D eigenvalue weighted by molar-refractivity contribution is -0.144. The van der Waals surface area contributed by atoms with Gasteiger partial charge in [0.25, 0.3) is 0 Å². The Labute approximate surface area is 88.9 Å². The lowest BCUT2D eigenvalue weighted by atomic mass is 10.1. The largest absolute Gasteiger partial charge is 0.465 e. The molecular weight excluding hydrogens is 204 g/mol. The van der Waals surface area contributed by atoms with Gasteiger partial charge in [-0.3, -0.25) is 4.98 Å². The van der Waals surface area contributed by atoms with Crippen molar-refractivity contribution in [3.63, 3.8) is 0 Å². The van der Waals surface area contributed by atoms with Gasteiger partial charge in [-0.15, -0.1) is 12.4 Å². The molecule has 5 heteroatoms. The Bertz CT molecular complexity index is 279. The number of nitrogens with two attached hydrogens (primary N) is 1. The average Bonchev–Trinajstić information content (AvgIpc) is 2.18. The number of nitrogens with zero attached hydrogens (tertiary/aromatic N) is 1. The van der Waals surface area contributed by atoms with Gasteiger partial charge in [0.2, 0.25) is 0 Å². The minimum atomic E-state index is -0.728. The normalized spacial score (nSPS) is 11.3. The maximum atomic E-state index is 11.2. The highest BCUT2D eigenvalue weighted by Gasteiger charge is 2.16. The summed E-state index contributed by atoms with van der Waals surface area (Å²) in [5.74, 6) is -0.421. The fourth-order valence-electron chi connectivity index (χ4n) is 0.928. The number of esters is 1. The zero-order valence-electron chi connectivity index (χ0n) is 7.84. The molecule has 0 aliphatic rings. The van der Waals surface area contributed by atoms with Gasteiger partial charge in [0, 0.05) is 12.4 Å². The molecule has 0 amide bonds. The molecule has 0 saturated heterocycles. The van der Waals surface area contributed by atoms with Crippen LogP contribution in [0.15, 0.2) is 24.5 Å². The molecule has 0 aliphatic carbocycles. The Kier molecular flexibility index (Phi) is 5.83. The van der Waals surface area contributed by atoms with Crippen LogP contribution in [-0.4, -0.2) is 17.6 Å². The highest BCUT2D eigenvalue weighted by molar-refractivity contribution is 5.85. The predicted octanol–water partition coefficient (Wildman–Crippen LogP) is 1.07. The van der Waals surface area contributed by atoms with Crippen LogP contribution in [0.3, 0.4) is 0 Å². The first kappa shape index (κ1) is 12.9. The van der Waals surface area contributed by atoms with Crippen LogP contribution in [0.4, 0.5) is 0 Å². The average molecular weight is 217 g/mol. The minimum absolute atomic E-state index is 0. The summed E-state index contributed by atoms with van der Waals surface area (Å²) in [6.45, 7) is 2.08. The standard InChI is InChI=1S/C9H12N2O2.ClH/c1-2-13-9(12)8(10)7-4-3-5-11-6-7;/h3-6,8H,2,10H2,1H3;1H. The van der Waals surface area contributed by atoms with Gasteiger partial charge < -0.3 is 10.5 Å². The number of carbonyl (C=O) groups is 1. The zero-order chi connectivity index (χ0) is 9.68. The molecule has 1 rings (SSSR count). The van der Waals surface area contributed by atoms with E-state index in [-0.39, 0.29) is 12.4 Å². The second-order valence-corrected chi connectivity index (χ2v) is 2.52. The monoisotopic (exact) mass is 216 g/mol. The summed E-state index contributed by atoms with van der Waals surface area (Å²) in [6.07, 6.45) is 3.18. The molecule has 1 atom stereocenters. The molecule has 0 spiro atoms. The second kappa shape index (κ2) is 6.34. The zero-order valence-corrected chi connectivity index (χ0v) is 8.66. The maximum Gasteiger partial charge on any atom is 0.327 e. The lowest BCUT2D eigenvalue weighted by Crippen LogP contribution is -2.23. The summed E-state index contributed by atoms with van der Waals surface area (Å²) in [5.41, 5.74) is 6.28. The van der Waals surface area contributed by atoms with E-state index in [1.54, 1.807) is 31.5 Å². The molecule has 0 radical (unpaired) electrons. The third kappa shape index (κ3) is 3.32. The number of hydrogen-bond acceptors (Lipinski definition) is 4. The second-order valence-electron chi connectivity index (χ2n) is 2.52. The third-order valence-electron chi connectivity index (χ3n) is 1.58. The van der Waals surface area contributed by atoms with E-state index in [2.05, 4.69) is 4.98 Å². The van der Waals surface area contributed by atoms with Crippen molar-refractivity contribution in [2.75, 3.05) is 6.61 Å². The van der Waals surface area contributed by atoms with Gasteiger partial charge in [0.1, 0.15) is 6.04 Å². The van der Waals surface area contributed by atoms with Crippen molar-refractivity contribution in [1.29, 1.82) is 0 Å². The molecule has 1 unspecified atom stereocenters. The van der Waals surface area contributed by atoms with E-state index < -0.39 is 12.0 Å². The van der Waals surface area contributed by atoms with Crippen molar-refractivity contribution < 1.29 is 9.53 Å². The van der Waals surface area contributed by atoms with Crippen molar-refractivity contribution in [3.8, 4) is 0 Å². The third-order valence-corrected chi connectivity index (χ3v) is 1.58. The molecule has 0 bridgehead atoms. The van der Waals surface area contributed by atoms with Gasteiger partial charge in [0.05, 0.1) is 6.61 Å². The number of pyridine rings is 1. The first-order valence-corrected chi connectivity index (χ1v) is 4.08. The fourth-order valence-corrected chi connectivity index (χ4v) is 0.928. The Hall–Kier alpha value is -1.13. The van der Waals surface area contributed by atoms with E-state index in [1.807, 2.05) is 0 Å². The molecule has 78 valence electrons. The highest BCUT2D eigenvalue weighted by atomic mass is 35.5. The molecule has 4 nitrogen and oxygen atoms in total. The quantitative estimate of drug-likeness (QED) is 0.768. The summed E-state index contributed by atoms with van der Waals surface area (Å²) in [6, 6.07) is 2.75. The lowest BCUT2D eigenvalue weighted by Gasteiger charge is -2.09. The molecule has 2 N–H and O–H groups in total. The van der Waals surface area contributed by atoms with Crippen molar-refractivity contribution in [2.24, 2.45) is 5.73 Å². The van der Waals surface area contributed by atoms with E-state index in [0.717, 1.165) is 0 Å². The van der Waals surface area contributed by atoms with Crippen LogP contribution in [0.1, 0.15) is 18.5 Å². The fraction of sp³-hybridized carbons (Fsp3) is 0.333. The number of rotatable bonds is 3. The number of halogens is 1.